The third-order valence-corrected chi connectivity index (χ3v) is 11.7. The molecule has 67 heavy (non-hydrogen) atoms. The molecule has 0 aromatic carbocycles. The van der Waals surface area contributed by atoms with Crippen molar-refractivity contribution < 1.29 is 148 Å². The number of carboxylic acids is 3. The van der Waals surface area contributed by atoms with E-state index in [4.69, 9.17) is 47.4 Å². The van der Waals surface area contributed by atoms with E-state index in [0.29, 0.717) is 0 Å². The van der Waals surface area contributed by atoms with Gasteiger partial charge in [-0.25, -0.2) is 14.4 Å². The minimum absolute atomic E-state index is 0.886. The number of aliphatic carboxylic acids is 3. The first-order valence-electron chi connectivity index (χ1n) is 20.6. The van der Waals surface area contributed by atoms with Gasteiger partial charge in [-0.1, -0.05) is 6.92 Å². The Morgan fingerprint density at radius 1 is 0.493 bits per heavy atom. The van der Waals surface area contributed by atoms with Crippen molar-refractivity contribution in [3.05, 3.63) is 0 Å². The lowest BCUT2D eigenvalue weighted by Crippen LogP contribution is -2.70. The van der Waals surface area contributed by atoms with Gasteiger partial charge in [0.05, 0.1) is 32.5 Å². The molecular formula is C36H57NO30. The van der Waals surface area contributed by atoms with Gasteiger partial charge in [-0.15, -0.1) is 0 Å². The van der Waals surface area contributed by atoms with Gasteiger partial charge in [0.1, 0.15) is 97.6 Å². The van der Waals surface area contributed by atoms with Crippen LogP contribution >= 0.6 is 0 Å². The normalized spacial score (nSPS) is 46.6. The zero-order chi connectivity index (χ0) is 49.9. The molecule has 1 amide bonds. The van der Waals surface area contributed by atoms with Crippen molar-refractivity contribution in [2.75, 3.05) is 26.4 Å². The van der Waals surface area contributed by atoms with Crippen molar-refractivity contribution in [3.63, 3.8) is 0 Å². The van der Waals surface area contributed by atoms with E-state index < -0.39 is 210 Å². The molecular weight excluding hydrogens is 926 g/mol. The van der Waals surface area contributed by atoms with Crippen LogP contribution in [0.15, 0.2) is 0 Å². The van der Waals surface area contributed by atoms with Gasteiger partial charge >= 0.3 is 17.9 Å². The number of nitrogens with one attached hydrogen (secondary N) is 1. The van der Waals surface area contributed by atoms with Crippen LogP contribution in [0, 0.1) is 5.92 Å². The Hall–Kier alpha value is -3.04. The smallest absolute Gasteiger partial charge is 0.335 e. The fraction of sp³-hybridized carbons (Fsp3) is 0.889. The van der Waals surface area contributed by atoms with Crippen molar-refractivity contribution in [1.82, 2.24) is 5.32 Å². The van der Waals surface area contributed by atoms with E-state index in [2.05, 4.69) is 5.32 Å². The second kappa shape index (κ2) is 23.3. The minimum atomic E-state index is -2.41. The third kappa shape index (κ3) is 11.8. The minimum Gasteiger partial charge on any atom is -0.479 e. The molecule has 0 aromatic rings. The highest BCUT2D eigenvalue weighted by Gasteiger charge is 2.58. The predicted molar refractivity (Wildman–Crippen MR) is 200 cm³/mol. The molecule has 5 aliphatic heterocycles. The molecule has 26 atom stereocenters. The number of carbonyl (C=O) groups excluding carboxylic acids is 1. The second-order valence-electron chi connectivity index (χ2n) is 16.3. The Morgan fingerprint density at radius 2 is 0.925 bits per heavy atom. The predicted octanol–water partition coefficient (Wildman–Crippen LogP) is -10.9. The van der Waals surface area contributed by atoms with E-state index in [-0.39, 0.29) is 0 Å². The summed E-state index contributed by atoms with van der Waals surface area (Å²) >= 11 is 0. The molecule has 17 N–H and O–H groups in total. The molecule has 0 spiro atoms. The number of aliphatic hydroxyl groups excluding tert-OH is 13. The van der Waals surface area contributed by atoms with Crippen LogP contribution in [-0.2, 0) is 66.5 Å². The summed E-state index contributed by atoms with van der Waals surface area (Å²) in [6.45, 7) is -2.02. The average Bonchev–Trinajstić information content (AvgIpc) is 3.27. The monoisotopic (exact) mass is 983 g/mol. The molecule has 0 bridgehead atoms. The Balaban J connectivity index is 1.34. The lowest BCUT2D eigenvalue weighted by atomic mass is 9.90. The fourth-order valence-electron chi connectivity index (χ4n) is 8.05. The SMILES string of the molecule is CC(=O)NC1C(OC2C(C(=O)O)OC(OC3C(O)C(CO)OC(OC4C(O)C(CO)OC(OC(CO)C(=O)O)C4O)C3O)C(O)C2O)OC(CO)C(OC2OC(C(=O)O)C(C)C(O)C2O)C1O. The van der Waals surface area contributed by atoms with Crippen molar-refractivity contribution >= 4 is 23.8 Å². The summed E-state index contributed by atoms with van der Waals surface area (Å²) < 4.78 is 54.7. The van der Waals surface area contributed by atoms with Gasteiger partial charge < -0.3 is 134 Å². The average molecular weight is 984 g/mol. The van der Waals surface area contributed by atoms with Crippen LogP contribution in [0.3, 0.4) is 0 Å². The second-order valence-corrected chi connectivity index (χ2v) is 16.3. The lowest BCUT2D eigenvalue weighted by Gasteiger charge is -2.49. The van der Waals surface area contributed by atoms with Crippen molar-refractivity contribution in [1.29, 1.82) is 0 Å². The number of ether oxygens (including phenoxy) is 10. The number of amides is 1. The van der Waals surface area contributed by atoms with Crippen LogP contribution in [0.2, 0.25) is 0 Å². The molecule has 5 fully saturated rings. The molecule has 386 valence electrons. The Morgan fingerprint density at radius 3 is 1.40 bits per heavy atom. The number of carboxylic acid groups (broad SMARTS) is 3. The highest BCUT2D eigenvalue weighted by Crippen LogP contribution is 2.36. The maximum Gasteiger partial charge on any atom is 0.335 e. The lowest BCUT2D eigenvalue weighted by molar-refractivity contribution is -0.387. The Labute approximate surface area is 377 Å². The number of hydrogen-bond donors (Lipinski definition) is 17. The number of carbonyl (C=O) groups is 4. The Kier molecular flexibility index (Phi) is 19.0. The summed E-state index contributed by atoms with van der Waals surface area (Å²) in [5, 5.41) is 170. The van der Waals surface area contributed by atoms with Gasteiger partial charge in [0.25, 0.3) is 0 Å². The first-order valence-corrected chi connectivity index (χ1v) is 20.6. The van der Waals surface area contributed by atoms with Gasteiger partial charge in [-0.05, 0) is 0 Å². The van der Waals surface area contributed by atoms with Gasteiger partial charge in [0.2, 0.25) is 5.91 Å². The topological polar surface area (TPSA) is 496 Å². The zero-order valence-corrected chi connectivity index (χ0v) is 35.2. The molecule has 31 nitrogen and oxygen atoms in total. The quantitative estimate of drug-likeness (QED) is 0.0606. The van der Waals surface area contributed by atoms with Crippen molar-refractivity contribution in [2.45, 2.75) is 167 Å². The maximum absolute atomic E-state index is 12.7. The molecule has 26 unspecified atom stereocenters. The molecule has 0 radical (unpaired) electrons. The van der Waals surface area contributed by atoms with E-state index >= 15 is 0 Å². The van der Waals surface area contributed by atoms with Crippen molar-refractivity contribution in [2.24, 2.45) is 5.92 Å². The largest absolute Gasteiger partial charge is 0.479 e. The molecule has 5 rings (SSSR count). The summed E-state index contributed by atoms with van der Waals surface area (Å²) in [5.74, 6) is -7.23. The molecule has 0 saturated carbocycles. The van der Waals surface area contributed by atoms with E-state index in [1.165, 1.54) is 6.92 Å². The summed E-state index contributed by atoms with van der Waals surface area (Å²) in [4.78, 5) is 48.2. The molecule has 5 aliphatic rings. The highest BCUT2D eigenvalue weighted by atomic mass is 16.8. The number of hydrogen-bond acceptors (Lipinski definition) is 27. The van der Waals surface area contributed by atoms with E-state index in [9.17, 15) is 101 Å². The first-order chi connectivity index (χ1) is 31.5. The fourth-order valence-corrected chi connectivity index (χ4v) is 8.05. The standard InChI is InChI=1S/C36H57NO30/c1-7-14(43)19(48)33(62-23(7)30(54)55)63-24-11(5-40)60-32(13(17(24)46)37-8(2)42)66-27-18(47)20(49)34(67-28(27)31(56)57)64-26-16(45)10(4-39)59-36(22(26)51)65-25-15(44)9(3-38)58-35(21(25)50)61-12(6-41)29(52)53/h7,9-28,32-36,38-41,43-51H,3-6H2,1-2H3,(H,37,42)(H,52,53)(H,54,55)(H,56,57). The maximum atomic E-state index is 12.7. The first kappa shape index (κ1) is 54.9. The van der Waals surface area contributed by atoms with Crippen molar-refractivity contribution in [3.8, 4) is 0 Å². The third-order valence-electron chi connectivity index (χ3n) is 11.7. The number of rotatable bonds is 18. The summed E-state index contributed by atoms with van der Waals surface area (Å²) in [7, 11) is 0. The van der Waals surface area contributed by atoms with E-state index in [0.717, 1.165) is 6.92 Å². The molecule has 0 aliphatic carbocycles. The number of aliphatic hydroxyl groups is 13. The van der Waals surface area contributed by atoms with Gasteiger partial charge in [-0.3, -0.25) is 4.79 Å². The molecule has 5 heterocycles. The van der Waals surface area contributed by atoms with E-state index in [1.54, 1.807) is 0 Å². The summed E-state index contributed by atoms with van der Waals surface area (Å²) in [5.41, 5.74) is 0. The van der Waals surface area contributed by atoms with Crippen LogP contribution in [0.5, 0.6) is 0 Å². The van der Waals surface area contributed by atoms with Crippen LogP contribution < -0.4 is 5.32 Å². The van der Waals surface area contributed by atoms with Crippen LogP contribution in [0.1, 0.15) is 13.8 Å². The van der Waals surface area contributed by atoms with Gasteiger partial charge in [0.15, 0.2) is 49.8 Å². The van der Waals surface area contributed by atoms with Gasteiger partial charge in [-0.2, -0.15) is 0 Å². The van der Waals surface area contributed by atoms with E-state index in [1.807, 2.05) is 0 Å². The molecule has 31 heteroatoms. The van der Waals surface area contributed by atoms with Crippen LogP contribution in [0.4, 0.5) is 0 Å². The Bertz CT molecular complexity index is 1660. The zero-order valence-electron chi connectivity index (χ0n) is 35.2. The van der Waals surface area contributed by atoms with Gasteiger partial charge in [0, 0.05) is 12.8 Å². The highest BCUT2D eigenvalue weighted by molar-refractivity contribution is 5.74. The van der Waals surface area contributed by atoms with Crippen LogP contribution in [-0.4, -0.2) is 285 Å². The van der Waals surface area contributed by atoms with Crippen LogP contribution in [0.25, 0.3) is 0 Å². The summed E-state index contributed by atoms with van der Waals surface area (Å²) in [6, 6.07) is -1.83. The molecule has 5 saturated heterocycles. The summed E-state index contributed by atoms with van der Waals surface area (Å²) in [6.07, 6.45) is -49.1. The molecule has 0 aromatic heterocycles.